The number of carbonyl (C=O) groups is 1. The third-order valence-electron chi connectivity index (χ3n) is 4.34. The zero-order chi connectivity index (χ0) is 15.8. The van der Waals surface area contributed by atoms with Gasteiger partial charge < -0.3 is 11.1 Å². The second-order valence-electron chi connectivity index (χ2n) is 8.17. The van der Waals surface area contributed by atoms with E-state index >= 15 is 0 Å². The summed E-state index contributed by atoms with van der Waals surface area (Å²) in [6.45, 7) is 11.1. The quantitative estimate of drug-likeness (QED) is 0.811. The summed E-state index contributed by atoms with van der Waals surface area (Å²) >= 11 is 0. The Labute approximate surface area is 128 Å². The lowest BCUT2D eigenvalue weighted by molar-refractivity contribution is 0.0714. The lowest BCUT2D eigenvalue weighted by Crippen LogP contribution is -2.46. The van der Waals surface area contributed by atoms with Crippen LogP contribution in [0.15, 0.2) is 18.2 Å². The number of anilines is 1. The first kappa shape index (κ1) is 15.9. The van der Waals surface area contributed by atoms with Crippen molar-refractivity contribution in [1.82, 2.24) is 5.32 Å². The smallest absolute Gasteiger partial charge is 0.253 e. The van der Waals surface area contributed by atoms with Crippen LogP contribution in [0.3, 0.4) is 0 Å². The highest BCUT2D eigenvalue weighted by molar-refractivity contribution is 5.99. The van der Waals surface area contributed by atoms with Gasteiger partial charge in [0, 0.05) is 11.7 Å². The van der Waals surface area contributed by atoms with Crippen LogP contribution in [0, 0.1) is 17.8 Å². The number of nitrogen functional groups attached to an aromatic ring is 1. The summed E-state index contributed by atoms with van der Waals surface area (Å²) in [4.78, 5) is 12.5. The molecule has 0 radical (unpaired) electrons. The Morgan fingerprint density at radius 1 is 1.19 bits per heavy atom. The van der Waals surface area contributed by atoms with Gasteiger partial charge in [0.2, 0.25) is 0 Å². The normalized spacial score (nSPS) is 21.0. The first-order chi connectivity index (χ1) is 9.58. The third kappa shape index (κ3) is 3.99. The number of rotatable bonds is 2. The standard InChI is InChI=1S/C18H28N2O/c1-12-6-7-15(19)14(8-12)16(21)20-13-9-17(2,3)11-18(4,5)10-13/h6-8,13H,9-11,19H2,1-5H3,(H,20,21). The summed E-state index contributed by atoms with van der Waals surface area (Å²) in [7, 11) is 0. The molecular weight excluding hydrogens is 260 g/mol. The van der Waals surface area contributed by atoms with Crippen LogP contribution in [0.4, 0.5) is 5.69 Å². The molecular formula is C18H28N2O. The predicted octanol–water partition coefficient (Wildman–Crippen LogP) is 3.91. The minimum Gasteiger partial charge on any atom is -0.398 e. The van der Waals surface area contributed by atoms with Crippen LogP contribution in [-0.2, 0) is 0 Å². The van der Waals surface area contributed by atoms with Crippen molar-refractivity contribution in [3.63, 3.8) is 0 Å². The maximum atomic E-state index is 12.5. The summed E-state index contributed by atoms with van der Waals surface area (Å²) in [6.07, 6.45) is 3.24. The molecule has 1 aromatic rings. The van der Waals surface area contributed by atoms with Gasteiger partial charge in [-0.1, -0.05) is 39.3 Å². The molecule has 3 heteroatoms. The number of carbonyl (C=O) groups excluding carboxylic acids is 1. The van der Waals surface area contributed by atoms with Gasteiger partial charge in [0.1, 0.15) is 0 Å². The maximum absolute atomic E-state index is 12.5. The number of hydrogen-bond donors (Lipinski definition) is 2. The van der Waals surface area contributed by atoms with Crippen molar-refractivity contribution in [3.05, 3.63) is 29.3 Å². The molecule has 0 atom stereocenters. The molecule has 3 nitrogen and oxygen atoms in total. The molecule has 0 heterocycles. The Morgan fingerprint density at radius 3 is 2.33 bits per heavy atom. The molecule has 3 N–H and O–H groups in total. The van der Waals surface area contributed by atoms with Crippen molar-refractivity contribution in [2.75, 3.05) is 5.73 Å². The summed E-state index contributed by atoms with van der Waals surface area (Å²) in [6, 6.07) is 5.82. The number of hydrogen-bond acceptors (Lipinski definition) is 2. The number of benzene rings is 1. The molecule has 0 aliphatic heterocycles. The minimum absolute atomic E-state index is 0.0466. The minimum atomic E-state index is -0.0466. The Kier molecular flexibility index (Phi) is 4.05. The van der Waals surface area contributed by atoms with Crippen molar-refractivity contribution in [1.29, 1.82) is 0 Å². The third-order valence-corrected chi connectivity index (χ3v) is 4.34. The van der Waals surface area contributed by atoms with Gasteiger partial charge in [-0.05, 0) is 49.1 Å². The highest BCUT2D eigenvalue weighted by Gasteiger charge is 2.39. The van der Waals surface area contributed by atoms with Gasteiger partial charge in [-0.25, -0.2) is 0 Å². The number of nitrogens with two attached hydrogens (primary N) is 1. The fourth-order valence-corrected chi connectivity index (χ4v) is 4.08. The molecule has 1 fully saturated rings. The maximum Gasteiger partial charge on any atom is 0.253 e. The summed E-state index contributed by atoms with van der Waals surface area (Å²) in [5.74, 6) is -0.0466. The van der Waals surface area contributed by atoms with E-state index in [9.17, 15) is 4.79 Å². The Balaban J connectivity index is 2.14. The van der Waals surface area contributed by atoms with Gasteiger partial charge in [0.15, 0.2) is 0 Å². The van der Waals surface area contributed by atoms with Crippen molar-refractivity contribution < 1.29 is 4.79 Å². The molecule has 0 bridgehead atoms. The van der Waals surface area contributed by atoms with E-state index in [1.165, 1.54) is 6.42 Å². The van der Waals surface area contributed by atoms with Crippen LogP contribution in [0.25, 0.3) is 0 Å². The second kappa shape index (κ2) is 5.36. The lowest BCUT2D eigenvalue weighted by Gasteiger charge is -2.45. The number of nitrogens with one attached hydrogen (secondary N) is 1. The van der Waals surface area contributed by atoms with Gasteiger partial charge >= 0.3 is 0 Å². The molecule has 1 saturated carbocycles. The molecule has 1 aliphatic carbocycles. The number of amides is 1. The van der Waals surface area contributed by atoms with E-state index in [0.29, 0.717) is 11.3 Å². The highest BCUT2D eigenvalue weighted by atomic mass is 16.1. The molecule has 2 rings (SSSR count). The molecule has 0 aromatic heterocycles. The van der Waals surface area contributed by atoms with Crippen molar-refractivity contribution >= 4 is 11.6 Å². The largest absolute Gasteiger partial charge is 0.398 e. The van der Waals surface area contributed by atoms with E-state index in [1.54, 1.807) is 6.07 Å². The van der Waals surface area contributed by atoms with E-state index in [-0.39, 0.29) is 22.8 Å². The monoisotopic (exact) mass is 288 g/mol. The van der Waals surface area contributed by atoms with Crippen LogP contribution < -0.4 is 11.1 Å². The van der Waals surface area contributed by atoms with Crippen molar-refractivity contribution in [2.45, 2.75) is 59.9 Å². The Hall–Kier alpha value is -1.51. The van der Waals surface area contributed by atoms with Crippen LogP contribution in [0.1, 0.15) is 62.9 Å². The van der Waals surface area contributed by atoms with Gasteiger partial charge in [-0.15, -0.1) is 0 Å². The Morgan fingerprint density at radius 2 is 1.76 bits per heavy atom. The summed E-state index contributed by atoms with van der Waals surface area (Å²) in [5, 5.41) is 3.20. The van der Waals surface area contributed by atoms with Gasteiger partial charge in [0.05, 0.1) is 5.56 Å². The first-order valence-electron chi connectivity index (χ1n) is 7.75. The zero-order valence-corrected chi connectivity index (χ0v) is 13.9. The van der Waals surface area contributed by atoms with E-state index in [2.05, 4.69) is 33.0 Å². The van der Waals surface area contributed by atoms with Crippen LogP contribution in [-0.4, -0.2) is 11.9 Å². The topological polar surface area (TPSA) is 55.1 Å². The Bertz CT molecular complexity index is 530. The van der Waals surface area contributed by atoms with Crippen molar-refractivity contribution in [3.8, 4) is 0 Å². The zero-order valence-electron chi connectivity index (χ0n) is 13.9. The first-order valence-corrected chi connectivity index (χ1v) is 7.75. The van der Waals surface area contributed by atoms with E-state index in [4.69, 9.17) is 5.73 Å². The molecule has 1 aliphatic rings. The van der Waals surface area contributed by atoms with Crippen LogP contribution >= 0.6 is 0 Å². The fraction of sp³-hybridized carbons (Fsp3) is 0.611. The SMILES string of the molecule is Cc1ccc(N)c(C(=O)NC2CC(C)(C)CC(C)(C)C2)c1. The molecule has 0 saturated heterocycles. The molecule has 1 aromatic carbocycles. The van der Waals surface area contributed by atoms with E-state index in [0.717, 1.165) is 18.4 Å². The molecule has 0 spiro atoms. The van der Waals surface area contributed by atoms with Gasteiger partial charge in [0.25, 0.3) is 5.91 Å². The van der Waals surface area contributed by atoms with Crippen molar-refractivity contribution in [2.24, 2.45) is 10.8 Å². The molecule has 116 valence electrons. The van der Waals surface area contributed by atoms with E-state index < -0.39 is 0 Å². The van der Waals surface area contributed by atoms with Gasteiger partial charge in [-0.3, -0.25) is 4.79 Å². The molecule has 1 amide bonds. The summed E-state index contributed by atoms with van der Waals surface area (Å²) < 4.78 is 0. The fourth-order valence-electron chi connectivity index (χ4n) is 4.08. The van der Waals surface area contributed by atoms with Gasteiger partial charge in [-0.2, -0.15) is 0 Å². The predicted molar refractivity (Wildman–Crippen MR) is 88.3 cm³/mol. The number of aryl methyl sites for hydroxylation is 1. The molecule has 0 unspecified atom stereocenters. The average molecular weight is 288 g/mol. The van der Waals surface area contributed by atoms with Crippen LogP contribution in [0.2, 0.25) is 0 Å². The lowest BCUT2D eigenvalue weighted by atomic mass is 9.63. The van der Waals surface area contributed by atoms with E-state index in [1.807, 2.05) is 19.1 Å². The molecule has 21 heavy (non-hydrogen) atoms. The second-order valence-corrected chi connectivity index (χ2v) is 8.17. The van der Waals surface area contributed by atoms with Crippen LogP contribution in [0.5, 0.6) is 0 Å². The average Bonchev–Trinajstić information content (AvgIpc) is 2.27. The highest BCUT2D eigenvalue weighted by Crippen LogP contribution is 2.45. The summed E-state index contributed by atoms with van der Waals surface area (Å²) in [5.41, 5.74) is 8.66.